The zero-order valence-electron chi connectivity index (χ0n) is 10.4. The standard InChI is InChI=1S/C11H18N2O3S/c1-8(6-15-2)12-11-13-9(7-17-11)4-5-10(14)16-3/h7-8H,4-6H2,1-3H3,(H,12,13). The molecule has 0 bridgehead atoms. The maximum atomic E-state index is 11.0. The van der Waals surface area contributed by atoms with Gasteiger partial charge in [-0.25, -0.2) is 4.98 Å². The second-order valence-electron chi connectivity index (χ2n) is 3.72. The third-order valence-electron chi connectivity index (χ3n) is 2.15. The number of hydrogen-bond acceptors (Lipinski definition) is 6. The highest BCUT2D eigenvalue weighted by molar-refractivity contribution is 7.13. The summed E-state index contributed by atoms with van der Waals surface area (Å²) >= 11 is 1.53. The van der Waals surface area contributed by atoms with Crippen molar-refractivity contribution in [2.24, 2.45) is 0 Å². The van der Waals surface area contributed by atoms with Crippen molar-refractivity contribution in [3.8, 4) is 0 Å². The fourth-order valence-corrected chi connectivity index (χ4v) is 2.18. The van der Waals surface area contributed by atoms with E-state index in [1.165, 1.54) is 18.4 Å². The first-order valence-electron chi connectivity index (χ1n) is 5.42. The number of anilines is 1. The van der Waals surface area contributed by atoms with Gasteiger partial charge in [-0.05, 0) is 6.92 Å². The molecule has 1 rings (SSSR count). The Bertz CT molecular complexity index is 354. The molecule has 1 aromatic rings. The number of esters is 1. The fraction of sp³-hybridized carbons (Fsp3) is 0.636. The van der Waals surface area contributed by atoms with Crippen molar-refractivity contribution in [1.29, 1.82) is 0 Å². The van der Waals surface area contributed by atoms with Crippen LogP contribution in [0.2, 0.25) is 0 Å². The lowest BCUT2D eigenvalue weighted by Gasteiger charge is -2.10. The summed E-state index contributed by atoms with van der Waals surface area (Å²) in [5.41, 5.74) is 0.910. The molecule has 0 aromatic carbocycles. The van der Waals surface area contributed by atoms with Gasteiger partial charge in [-0.2, -0.15) is 0 Å². The van der Waals surface area contributed by atoms with Crippen LogP contribution < -0.4 is 5.32 Å². The van der Waals surface area contributed by atoms with Gasteiger partial charge in [0.2, 0.25) is 0 Å². The van der Waals surface area contributed by atoms with Crippen molar-refractivity contribution in [2.75, 3.05) is 26.1 Å². The van der Waals surface area contributed by atoms with Crippen molar-refractivity contribution < 1.29 is 14.3 Å². The zero-order chi connectivity index (χ0) is 12.7. The summed E-state index contributed by atoms with van der Waals surface area (Å²) in [5.74, 6) is -0.208. The highest BCUT2D eigenvalue weighted by atomic mass is 32.1. The first kappa shape index (κ1) is 13.9. The second-order valence-corrected chi connectivity index (χ2v) is 4.58. The highest BCUT2D eigenvalue weighted by Crippen LogP contribution is 2.17. The predicted octanol–water partition coefficient (Wildman–Crippen LogP) is 1.70. The van der Waals surface area contributed by atoms with Crippen LogP contribution >= 0.6 is 11.3 Å². The molecule has 0 spiro atoms. The first-order chi connectivity index (χ1) is 8.15. The van der Waals surface area contributed by atoms with E-state index in [0.717, 1.165) is 10.8 Å². The number of thiazole rings is 1. The van der Waals surface area contributed by atoms with Crippen molar-refractivity contribution in [2.45, 2.75) is 25.8 Å². The van der Waals surface area contributed by atoms with Gasteiger partial charge in [0, 0.05) is 25.0 Å². The Morgan fingerprint density at radius 1 is 1.59 bits per heavy atom. The normalized spacial score (nSPS) is 12.2. The predicted molar refractivity (Wildman–Crippen MR) is 67.4 cm³/mol. The van der Waals surface area contributed by atoms with E-state index in [9.17, 15) is 4.79 Å². The van der Waals surface area contributed by atoms with E-state index in [0.29, 0.717) is 19.4 Å². The minimum atomic E-state index is -0.208. The topological polar surface area (TPSA) is 60.5 Å². The smallest absolute Gasteiger partial charge is 0.305 e. The zero-order valence-corrected chi connectivity index (χ0v) is 11.2. The number of hydrogen-bond donors (Lipinski definition) is 1. The van der Waals surface area contributed by atoms with Gasteiger partial charge in [0.25, 0.3) is 0 Å². The van der Waals surface area contributed by atoms with Crippen molar-refractivity contribution in [3.05, 3.63) is 11.1 Å². The number of nitrogens with zero attached hydrogens (tertiary/aromatic N) is 1. The average Bonchev–Trinajstić information content (AvgIpc) is 2.74. The molecular weight excluding hydrogens is 240 g/mol. The minimum Gasteiger partial charge on any atom is -0.469 e. The molecule has 0 saturated heterocycles. The quantitative estimate of drug-likeness (QED) is 0.754. The number of aryl methyl sites for hydroxylation is 1. The lowest BCUT2D eigenvalue weighted by Crippen LogP contribution is -2.20. The van der Waals surface area contributed by atoms with Crippen LogP contribution in [0.4, 0.5) is 5.13 Å². The van der Waals surface area contributed by atoms with Crippen LogP contribution in [0, 0.1) is 0 Å². The van der Waals surface area contributed by atoms with Gasteiger partial charge < -0.3 is 14.8 Å². The van der Waals surface area contributed by atoms with Crippen LogP contribution in [-0.2, 0) is 20.7 Å². The van der Waals surface area contributed by atoms with E-state index in [2.05, 4.69) is 15.0 Å². The van der Waals surface area contributed by atoms with Crippen LogP contribution in [0.5, 0.6) is 0 Å². The molecule has 1 atom stereocenters. The van der Waals surface area contributed by atoms with E-state index in [-0.39, 0.29) is 12.0 Å². The molecule has 0 aliphatic heterocycles. The lowest BCUT2D eigenvalue weighted by atomic mass is 10.2. The van der Waals surface area contributed by atoms with E-state index in [4.69, 9.17) is 4.74 Å². The minimum absolute atomic E-state index is 0.208. The maximum Gasteiger partial charge on any atom is 0.305 e. The number of nitrogens with one attached hydrogen (secondary N) is 1. The van der Waals surface area contributed by atoms with Gasteiger partial charge in [-0.15, -0.1) is 11.3 Å². The number of carbonyl (C=O) groups excluding carboxylic acids is 1. The Kier molecular flexibility index (Phi) is 5.93. The summed E-state index contributed by atoms with van der Waals surface area (Å²) in [5, 5.41) is 6.04. The SMILES string of the molecule is COCC(C)Nc1nc(CCC(=O)OC)cs1. The number of carbonyl (C=O) groups is 1. The molecule has 1 N–H and O–H groups in total. The van der Waals surface area contributed by atoms with Crippen LogP contribution in [0.25, 0.3) is 0 Å². The van der Waals surface area contributed by atoms with Crippen molar-refractivity contribution >= 4 is 22.4 Å². The van der Waals surface area contributed by atoms with E-state index < -0.39 is 0 Å². The largest absolute Gasteiger partial charge is 0.469 e. The summed E-state index contributed by atoms with van der Waals surface area (Å²) in [6.45, 7) is 2.66. The molecule has 6 heteroatoms. The molecule has 96 valence electrons. The van der Waals surface area contributed by atoms with Crippen LogP contribution in [-0.4, -0.2) is 37.8 Å². The average molecular weight is 258 g/mol. The summed E-state index contributed by atoms with van der Waals surface area (Å²) in [6.07, 6.45) is 0.983. The van der Waals surface area contributed by atoms with Gasteiger partial charge in [-0.1, -0.05) is 0 Å². The van der Waals surface area contributed by atoms with Crippen molar-refractivity contribution in [1.82, 2.24) is 4.98 Å². The Balaban J connectivity index is 2.39. The molecule has 0 saturated carbocycles. The summed E-state index contributed by atoms with van der Waals surface area (Å²) in [6, 6.07) is 0.222. The number of aromatic nitrogens is 1. The molecule has 0 amide bonds. The second kappa shape index (κ2) is 7.24. The third-order valence-corrected chi connectivity index (χ3v) is 2.97. The summed E-state index contributed by atoms with van der Waals surface area (Å²) < 4.78 is 9.61. The van der Waals surface area contributed by atoms with Gasteiger partial charge in [0.05, 0.1) is 25.8 Å². The molecule has 17 heavy (non-hydrogen) atoms. The Morgan fingerprint density at radius 2 is 2.35 bits per heavy atom. The first-order valence-corrected chi connectivity index (χ1v) is 6.30. The molecule has 0 radical (unpaired) electrons. The Hall–Kier alpha value is -1.14. The molecule has 1 unspecified atom stereocenters. The van der Waals surface area contributed by atoms with E-state index in [1.54, 1.807) is 7.11 Å². The molecule has 0 fully saturated rings. The van der Waals surface area contributed by atoms with Crippen molar-refractivity contribution in [3.63, 3.8) is 0 Å². The van der Waals surface area contributed by atoms with E-state index >= 15 is 0 Å². The Morgan fingerprint density at radius 3 is 3.00 bits per heavy atom. The summed E-state index contributed by atoms with van der Waals surface area (Å²) in [4.78, 5) is 15.4. The molecule has 5 nitrogen and oxygen atoms in total. The maximum absolute atomic E-state index is 11.0. The van der Waals surface area contributed by atoms with E-state index in [1.807, 2.05) is 12.3 Å². The Labute approximate surface area is 105 Å². The molecule has 1 aromatic heterocycles. The number of rotatable bonds is 7. The van der Waals surface area contributed by atoms with Gasteiger partial charge >= 0.3 is 5.97 Å². The molecule has 0 aliphatic carbocycles. The van der Waals surface area contributed by atoms with Gasteiger partial charge in [-0.3, -0.25) is 4.79 Å². The molecule has 0 aliphatic rings. The highest BCUT2D eigenvalue weighted by Gasteiger charge is 2.07. The van der Waals surface area contributed by atoms with Crippen LogP contribution in [0.15, 0.2) is 5.38 Å². The lowest BCUT2D eigenvalue weighted by molar-refractivity contribution is -0.140. The molecular formula is C11H18N2O3S. The van der Waals surface area contributed by atoms with Gasteiger partial charge in [0.15, 0.2) is 5.13 Å². The van der Waals surface area contributed by atoms with Crippen LogP contribution in [0.3, 0.4) is 0 Å². The summed E-state index contributed by atoms with van der Waals surface area (Å²) in [7, 11) is 3.06. The van der Waals surface area contributed by atoms with Crippen LogP contribution in [0.1, 0.15) is 19.0 Å². The number of methoxy groups -OCH3 is 2. The fourth-order valence-electron chi connectivity index (χ4n) is 1.32. The number of ether oxygens (including phenoxy) is 2. The van der Waals surface area contributed by atoms with Gasteiger partial charge in [0.1, 0.15) is 0 Å². The third kappa shape index (κ3) is 5.14. The molecule has 1 heterocycles. The monoisotopic (exact) mass is 258 g/mol.